The number of methoxy groups -OCH3 is 1. The summed E-state index contributed by atoms with van der Waals surface area (Å²) in [4.78, 5) is 0.0582. The van der Waals surface area contributed by atoms with E-state index in [2.05, 4.69) is 57.0 Å². The summed E-state index contributed by atoms with van der Waals surface area (Å²) >= 11 is 13.6. The van der Waals surface area contributed by atoms with Crippen LogP contribution in [0.3, 0.4) is 0 Å². The summed E-state index contributed by atoms with van der Waals surface area (Å²) in [5, 5.41) is 0.693. The second-order valence-corrected chi connectivity index (χ2v) is 6.44. The van der Waals surface area contributed by atoms with Crippen molar-refractivity contribution in [1.29, 1.82) is 0 Å². The van der Waals surface area contributed by atoms with Crippen LogP contribution in [0.15, 0.2) is 40.9 Å². The molecule has 0 aliphatic heterocycles. The molecule has 0 heterocycles. The summed E-state index contributed by atoms with van der Waals surface area (Å²) in [6.07, 6.45) is 0. The molecule has 2 aromatic carbocycles. The Morgan fingerprint density at radius 2 is 1.89 bits per heavy atom. The third kappa shape index (κ3) is 3.33. The largest absolute Gasteiger partial charge is 0.497 e. The van der Waals surface area contributed by atoms with Gasteiger partial charge in [0.15, 0.2) is 0 Å². The van der Waals surface area contributed by atoms with Crippen molar-refractivity contribution in [3.63, 3.8) is 0 Å². The third-order valence-electron chi connectivity index (χ3n) is 2.97. The Bertz CT molecular complexity index is 599. The standard InChI is InChI=1S/C15H13Br2ClO/c1-9-3-4-10(7-13(9)16)15(17)12-6-5-11(19-2)8-14(12)18/h3-8,15H,1-2H3. The van der Waals surface area contributed by atoms with Gasteiger partial charge in [-0.3, -0.25) is 0 Å². The molecule has 0 aliphatic rings. The highest BCUT2D eigenvalue weighted by atomic mass is 79.9. The van der Waals surface area contributed by atoms with Crippen LogP contribution < -0.4 is 4.74 Å². The highest BCUT2D eigenvalue weighted by Crippen LogP contribution is 2.37. The second-order valence-electron chi connectivity index (χ2n) is 4.26. The van der Waals surface area contributed by atoms with Crippen LogP contribution in [0.4, 0.5) is 0 Å². The topological polar surface area (TPSA) is 9.23 Å². The van der Waals surface area contributed by atoms with Gasteiger partial charge in [-0.25, -0.2) is 0 Å². The van der Waals surface area contributed by atoms with E-state index in [0.717, 1.165) is 21.3 Å². The van der Waals surface area contributed by atoms with E-state index in [1.807, 2.05) is 18.2 Å². The summed E-state index contributed by atoms with van der Waals surface area (Å²) in [7, 11) is 1.63. The fraction of sp³-hybridized carbons (Fsp3) is 0.200. The molecule has 0 amide bonds. The number of hydrogen-bond acceptors (Lipinski definition) is 1. The smallest absolute Gasteiger partial charge is 0.120 e. The molecule has 100 valence electrons. The van der Waals surface area contributed by atoms with Gasteiger partial charge in [0.2, 0.25) is 0 Å². The molecule has 2 aromatic rings. The highest BCUT2D eigenvalue weighted by Gasteiger charge is 2.15. The Balaban J connectivity index is 2.38. The average molecular weight is 405 g/mol. The molecule has 0 bridgehead atoms. The van der Waals surface area contributed by atoms with E-state index >= 15 is 0 Å². The zero-order valence-corrected chi connectivity index (χ0v) is 14.5. The van der Waals surface area contributed by atoms with Crippen LogP contribution in [-0.4, -0.2) is 7.11 Å². The summed E-state index contributed by atoms with van der Waals surface area (Å²) in [5.74, 6) is 0.763. The lowest BCUT2D eigenvalue weighted by atomic mass is 10.0. The number of rotatable bonds is 3. The number of halogens is 3. The van der Waals surface area contributed by atoms with E-state index < -0.39 is 0 Å². The minimum atomic E-state index is 0.0582. The highest BCUT2D eigenvalue weighted by molar-refractivity contribution is 9.10. The fourth-order valence-corrected chi connectivity index (χ4v) is 3.28. The average Bonchev–Trinajstić information content (AvgIpc) is 2.41. The molecule has 1 nitrogen and oxygen atoms in total. The van der Waals surface area contributed by atoms with Gasteiger partial charge in [-0.1, -0.05) is 61.7 Å². The van der Waals surface area contributed by atoms with E-state index in [4.69, 9.17) is 16.3 Å². The molecule has 0 N–H and O–H groups in total. The fourth-order valence-electron chi connectivity index (χ4n) is 1.79. The summed E-state index contributed by atoms with van der Waals surface area (Å²) in [6.45, 7) is 2.07. The van der Waals surface area contributed by atoms with Gasteiger partial charge in [0, 0.05) is 9.50 Å². The van der Waals surface area contributed by atoms with E-state index in [9.17, 15) is 0 Å². The van der Waals surface area contributed by atoms with E-state index in [1.165, 1.54) is 5.56 Å². The normalized spacial score (nSPS) is 12.3. The van der Waals surface area contributed by atoms with Crippen molar-refractivity contribution in [2.45, 2.75) is 11.8 Å². The van der Waals surface area contributed by atoms with Gasteiger partial charge >= 0.3 is 0 Å². The first kappa shape index (κ1) is 14.9. The molecule has 0 aromatic heterocycles. The number of hydrogen-bond donors (Lipinski definition) is 0. The monoisotopic (exact) mass is 402 g/mol. The SMILES string of the molecule is COc1ccc(C(Br)c2ccc(C)c(Br)c2)c(Cl)c1. The molecule has 0 saturated heterocycles. The van der Waals surface area contributed by atoms with Gasteiger partial charge in [-0.15, -0.1) is 0 Å². The van der Waals surface area contributed by atoms with Gasteiger partial charge < -0.3 is 4.74 Å². The van der Waals surface area contributed by atoms with Gasteiger partial charge in [0.1, 0.15) is 5.75 Å². The zero-order chi connectivity index (χ0) is 14.0. The quantitative estimate of drug-likeness (QED) is 0.579. The van der Waals surface area contributed by atoms with Crippen molar-refractivity contribution in [3.8, 4) is 5.75 Å². The Morgan fingerprint density at radius 1 is 1.16 bits per heavy atom. The van der Waals surface area contributed by atoms with Crippen molar-refractivity contribution in [1.82, 2.24) is 0 Å². The van der Waals surface area contributed by atoms with Gasteiger partial charge in [0.25, 0.3) is 0 Å². The van der Waals surface area contributed by atoms with Crippen LogP contribution in [0, 0.1) is 6.92 Å². The van der Waals surface area contributed by atoms with Gasteiger partial charge in [-0.05, 0) is 41.8 Å². The Labute approximate surface area is 135 Å². The Kier molecular flexibility index (Phi) is 4.93. The van der Waals surface area contributed by atoms with Crippen LogP contribution in [0.2, 0.25) is 5.02 Å². The predicted octanol–water partition coefficient (Wildman–Crippen LogP) is 5.90. The van der Waals surface area contributed by atoms with Crippen molar-refractivity contribution in [2.24, 2.45) is 0 Å². The number of alkyl halides is 1. The molecule has 1 unspecified atom stereocenters. The minimum Gasteiger partial charge on any atom is -0.497 e. The first-order chi connectivity index (χ1) is 9.02. The van der Waals surface area contributed by atoms with Crippen LogP contribution in [-0.2, 0) is 0 Å². The summed E-state index contributed by atoms with van der Waals surface area (Å²) in [6, 6.07) is 12.0. The molecule has 2 rings (SSSR count). The molecule has 0 fully saturated rings. The number of benzene rings is 2. The maximum absolute atomic E-state index is 6.30. The second kappa shape index (κ2) is 6.29. The van der Waals surface area contributed by atoms with Crippen LogP contribution in [0.25, 0.3) is 0 Å². The number of ether oxygens (including phenoxy) is 1. The molecule has 0 spiro atoms. The third-order valence-corrected chi connectivity index (χ3v) is 5.17. The minimum absolute atomic E-state index is 0.0582. The predicted molar refractivity (Wildman–Crippen MR) is 87.7 cm³/mol. The first-order valence-corrected chi connectivity index (χ1v) is 7.85. The van der Waals surface area contributed by atoms with E-state index in [0.29, 0.717) is 5.02 Å². The number of aryl methyl sites for hydroxylation is 1. The lowest BCUT2D eigenvalue weighted by Gasteiger charge is -2.14. The molecule has 4 heteroatoms. The molecular weight excluding hydrogens is 391 g/mol. The maximum atomic E-state index is 6.30. The van der Waals surface area contributed by atoms with Crippen molar-refractivity contribution < 1.29 is 4.74 Å². The Morgan fingerprint density at radius 3 is 2.47 bits per heavy atom. The van der Waals surface area contributed by atoms with Crippen molar-refractivity contribution in [3.05, 3.63) is 62.6 Å². The molecular formula is C15H13Br2ClO. The van der Waals surface area contributed by atoms with Crippen LogP contribution >= 0.6 is 43.5 Å². The summed E-state index contributed by atoms with van der Waals surface area (Å²) in [5.41, 5.74) is 3.40. The lowest BCUT2D eigenvalue weighted by molar-refractivity contribution is 0.414. The van der Waals surface area contributed by atoms with E-state index in [1.54, 1.807) is 7.11 Å². The van der Waals surface area contributed by atoms with Gasteiger partial charge in [-0.2, -0.15) is 0 Å². The Hall–Kier alpha value is -0.510. The molecule has 0 saturated carbocycles. The molecule has 0 aliphatic carbocycles. The summed E-state index contributed by atoms with van der Waals surface area (Å²) < 4.78 is 6.26. The van der Waals surface area contributed by atoms with Crippen molar-refractivity contribution in [2.75, 3.05) is 7.11 Å². The van der Waals surface area contributed by atoms with Crippen LogP contribution in [0.1, 0.15) is 21.5 Å². The van der Waals surface area contributed by atoms with E-state index in [-0.39, 0.29) is 4.83 Å². The molecule has 19 heavy (non-hydrogen) atoms. The van der Waals surface area contributed by atoms with Gasteiger partial charge in [0.05, 0.1) is 11.9 Å². The first-order valence-electron chi connectivity index (χ1n) is 5.76. The maximum Gasteiger partial charge on any atom is 0.120 e. The van der Waals surface area contributed by atoms with Crippen molar-refractivity contribution >= 4 is 43.5 Å². The zero-order valence-electron chi connectivity index (χ0n) is 10.6. The lowest BCUT2D eigenvalue weighted by Crippen LogP contribution is -1.95. The molecule has 1 atom stereocenters. The molecule has 0 radical (unpaired) electrons. The van der Waals surface area contributed by atoms with Crippen LogP contribution in [0.5, 0.6) is 5.75 Å².